The van der Waals surface area contributed by atoms with E-state index in [1.165, 1.54) is 17.6 Å². The number of ether oxygens (including phenoxy) is 2. The summed E-state index contributed by atoms with van der Waals surface area (Å²) < 4.78 is 10.6. The SMILES string of the molecule is CC1=CC(CCC2OC=CO2)=CC(C(C)C)C1. The Morgan fingerprint density at radius 3 is 2.65 bits per heavy atom. The summed E-state index contributed by atoms with van der Waals surface area (Å²) in [5.74, 6) is 1.41. The fraction of sp³-hybridized carbons (Fsp3) is 0.600. The van der Waals surface area contributed by atoms with E-state index in [4.69, 9.17) is 9.47 Å². The van der Waals surface area contributed by atoms with E-state index < -0.39 is 0 Å². The third-order valence-corrected chi connectivity index (χ3v) is 3.46. The minimum Gasteiger partial charge on any atom is -0.459 e. The molecule has 17 heavy (non-hydrogen) atoms. The molecule has 1 unspecified atom stereocenters. The average molecular weight is 234 g/mol. The van der Waals surface area contributed by atoms with Crippen LogP contribution in [0.15, 0.2) is 35.8 Å². The fourth-order valence-corrected chi connectivity index (χ4v) is 2.40. The maximum absolute atomic E-state index is 5.29. The van der Waals surface area contributed by atoms with Crippen molar-refractivity contribution in [3.05, 3.63) is 35.8 Å². The van der Waals surface area contributed by atoms with Crippen molar-refractivity contribution in [1.82, 2.24) is 0 Å². The van der Waals surface area contributed by atoms with Crippen LogP contribution in [0, 0.1) is 11.8 Å². The Labute approximate surface area is 104 Å². The van der Waals surface area contributed by atoms with Crippen molar-refractivity contribution in [3.8, 4) is 0 Å². The van der Waals surface area contributed by atoms with Crippen LogP contribution in [-0.4, -0.2) is 6.29 Å². The molecule has 2 nitrogen and oxygen atoms in total. The van der Waals surface area contributed by atoms with Crippen molar-refractivity contribution in [2.75, 3.05) is 0 Å². The van der Waals surface area contributed by atoms with Gasteiger partial charge in [-0.15, -0.1) is 0 Å². The van der Waals surface area contributed by atoms with E-state index in [0.29, 0.717) is 11.8 Å². The zero-order chi connectivity index (χ0) is 12.3. The van der Waals surface area contributed by atoms with Crippen molar-refractivity contribution in [2.45, 2.75) is 46.3 Å². The highest BCUT2D eigenvalue weighted by Crippen LogP contribution is 2.30. The highest BCUT2D eigenvalue weighted by Gasteiger charge is 2.18. The molecule has 0 aromatic carbocycles. The van der Waals surface area contributed by atoms with Gasteiger partial charge in [-0.05, 0) is 31.6 Å². The summed E-state index contributed by atoms with van der Waals surface area (Å²) in [6.07, 6.45) is 11.1. The lowest BCUT2D eigenvalue weighted by atomic mass is 9.83. The molecule has 94 valence electrons. The lowest BCUT2D eigenvalue weighted by Crippen LogP contribution is -2.12. The Hall–Kier alpha value is -1.18. The maximum atomic E-state index is 5.29. The molecule has 2 heteroatoms. The van der Waals surface area contributed by atoms with E-state index in [2.05, 4.69) is 32.9 Å². The summed E-state index contributed by atoms with van der Waals surface area (Å²) in [6.45, 7) is 6.82. The van der Waals surface area contributed by atoms with Crippen molar-refractivity contribution in [3.63, 3.8) is 0 Å². The molecule has 0 amide bonds. The molecule has 0 radical (unpaired) electrons. The first kappa shape index (κ1) is 12.3. The predicted molar refractivity (Wildman–Crippen MR) is 69.1 cm³/mol. The molecule has 2 aliphatic rings. The summed E-state index contributed by atoms with van der Waals surface area (Å²) in [7, 11) is 0. The third kappa shape index (κ3) is 3.39. The van der Waals surface area contributed by atoms with Gasteiger partial charge < -0.3 is 9.47 Å². The normalized spacial score (nSPS) is 24.4. The van der Waals surface area contributed by atoms with Gasteiger partial charge in [-0.3, -0.25) is 0 Å². The first-order valence-electron chi connectivity index (χ1n) is 6.49. The summed E-state index contributed by atoms with van der Waals surface area (Å²) in [4.78, 5) is 0. The maximum Gasteiger partial charge on any atom is 0.240 e. The van der Waals surface area contributed by atoms with Gasteiger partial charge in [0.05, 0.1) is 0 Å². The first-order chi connectivity index (χ1) is 8.15. The van der Waals surface area contributed by atoms with Gasteiger partial charge in [0, 0.05) is 6.42 Å². The van der Waals surface area contributed by atoms with Crippen LogP contribution in [0.3, 0.4) is 0 Å². The Morgan fingerprint density at radius 2 is 2.00 bits per heavy atom. The van der Waals surface area contributed by atoms with Crippen molar-refractivity contribution >= 4 is 0 Å². The fourth-order valence-electron chi connectivity index (χ4n) is 2.40. The molecule has 1 aliphatic carbocycles. The molecule has 0 saturated heterocycles. The molecule has 1 atom stereocenters. The molecule has 1 aliphatic heterocycles. The average Bonchev–Trinajstić information content (AvgIpc) is 2.78. The van der Waals surface area contributed by atoms with Crippen LogP contribution in [0.25, 0.3) is 0 Å². The smallest absolute Gasteiger partial charge is 0.240 e. The molecule has 1 heterocycles. The minimum absolute atomic E-state index is 0.0796. The van der Waals surface area contributed by atoms with Gasteiger partial charge in [0.1, 0.15) is 12.5 Å². The second-order valence-corrected chi connectivity index (χ2v) is 5.36. The Morgan fingerprint density at radius 1 is 1.29 bits per heavy atom. The number of rotatable bonds is 4. The minimum atomic E-state index is -0.0796. The summed E-state index contributed by atoms with van der Waals surface area (Å²) >= 11 is 0. The molecule has 0 aromatic heterocycles. The van der Waals surface area contributed by atoms with Crippen LogP contribution in [0.4, 0.5) is 0 Å². The van der Waals surface area contributed by atoms with Crippen molar-refractivity contribution in [1.29, 1.82) is 0 Å². The van der Waals surface area contributed by atoms with Crippen LogP contribution >= 0.6 is 0 Å². The van der Waals surface area contributed by atoms with Crippen LogP contribution in [0.2, 0.25) is 0 Å². The molecule has 0 aromatic rings. The zero-order valence-electron chi connectivity index (χ0n) is 11.0. The molecule has 0 N–H and O–H groups in total. The van der Waals surface area contributed by atoms with Gasteiger partial charge in [-0.2, -0.15) is 0 Å². The van der Waals surface area contributed by atoms with E-state index in [1.807, 2.05) is 0 Å². The summed E-state index contributed by atoms with van der Waals surface area (Å²) in [5, 5.41) is 0. The van der Waals surface area contributed by atoms with E-state index in [9.17, 15) is 0 Å². The van der Waals surface area contributed by atoms with Gasteiger partial charge in [0.15, 0.2) is 0 Å². The van der Waals surface area contributed by atoms with E-state index >= 15 is 0 Å². The monoisotopic (exact) mass is 234 g/mol. The second kappa shape index (κ2) is 5.44. The predicted octanol–water partition coefficient (Wildman–Crippen LogP) is 4.16. The number of hydrogen-bond donors (Lipinski definition) is 0. The van der Waals surface area contributed by atoms with Crippen LogP contribution < -0.4 is 0 Å². The van der Waals surface area contributed by atoms with Crippen LogP contribution in [0.5, 0.6) is 0 Å². The lowest BCUT2D eigenvalue weighted by Gasteiger charge is -2.23. The lowest BCUT2D eigenvalue weighted by molar-refractivity contribution is -0.0274. The molecular weight excluding hydrogens is 212 g/mol. The second-order valence-electron chi connectivity index (χ2n) is 5.36. The van der Waals surface area contributed by atoms with Gasteiger partial charge in [0.25, 0.3) is 0 Å². The largest absolute Gasteiger partial charge is 0.459 e. The highest BCUT2D eigenvalue weighted by atomic mass is 16.7. The number of allylic oxidation sites excluding steroid dienone is 4. The van der Waals surface area contributed by atoms with Gasteiger partial charge in [-0.1, -0.05) is 37.1 Å². The first-order valence-corrected chi connectivity index (χ1v) is 6.49. The quantitative estimate of drug-likeness (QED) is 0.727. The molecular formula is C15H22O2. The molecule has 0 bridgehead atoms. The van der Waals surface area contributed by atoms with Crippen molar-refractivity contribution < 1.29 is 9.47 Å². The van der Waals surface area contributed by atoms with E-state index in [-0.39, 0.29) is 6.29 Å². The summed E-state index contributed by atoms with van der Waals surface area (Å²) in [6, 6.07) is 0. The topological polar surface area (TPSA) is 18.5 Å². The Balaban J connectivity index is 1.89. The van der Waals surface area contributed by atoms with Gasteiger partial charge >= 0.3 is 0 Å². The van der Waals surface area contributed by atoms with Crippen molar-refractivity contribution in [2.24, 2.45) is 11.8 Å². The summed E-state index contributed by atoms with van der Waals surface area (Å²) in [5.41, 5.74) is 2.93. The Kier molecular flexibility index (Phi) is 3.93. The van der Waals surface area contributed by atoms with Crippen LogP contribution in [-0.2, 0) is 9.47 Å². The van der Waals surface area contributed by atoms with E-state index in [0.717, 1.165) is 12.8 Å². The standard InChI is InChI=1S/C15H22O2/c1-11(2)14-9-12(3)8-13(10-14)4-5-15-16-6-7-17-15/h6-8,10-11,14-15H,4-5,9H2,1-3H3. The molecule has 0 fully saturated rings. The Bertz CT molecular complexity index is 342. The van der Waals surface area contributed by atoms with Gasteiger partial charge in [-0.25, -0.2) is 0 Å². The van der Waals surface area contributed by atoms with E-state index in [1.54, 1.807) is 12.5 Å². The van der Waals surface area contributed by atoms with Gasteiger partial charge in [0.2, 0.25) is 6.29 Å². The molecule has 0 spiro atoms. The third-order valence-electron chi connectivity index (χ3n) is 3.46. The molecule has 2 rings (SSSR count). The zero-order valence-corrected chi connectivity index (χ0v) is 11.0. The molecule has 0 saturated carbocycles. The van der Waals surface area contributed by atoms with Crippen LogP contribution in [0.1, 0.15) is 40.0 Å². The number of hydrogen-bond acceptors (Lipinski definition) is 2. The highest BCUT2D eigenvalue weighted by molar-refractivity contribution is 5.28.